The number of nitro benzene ring substituents is 1. The lowest BCUT2D eigenvalue weighted by Gasteiger charge is -2.16. The third kappa shape index (κ3) is 3.49. The first-order valence-corrected chi connectivity index (χ1v) is 6.73. The summed E-state index contributed by atoms with van der Waals surface area (Å²) in [5, 5.41) is 14.1. The van der Waals surface area contributed by atoms with Crippen LogP contribution in [0.2, 0.25) is 5.02 Å². The molecule has 110 valence electrons. The quantitative estimate of drug-likeness (QED) is 0.647. The van der Waals surface area contributed by atoms with Gasteiger partial charge in [0.05, 0.1) is 9.95 Å². The molecule has 0 fully saturated rings. The van der Waals surface area contributed by atoms with Crippen molar-refractivity contribution in [1.29, 1.82) is 0 Å². The highest BCUT2D eigenvalue weighted by Crippen LogP contribution is 2.30. The van der Waals surface area contributed by atoms with Gasteiger partial charge in [-0.05, 0) is 43.2 Å². The Morgan fingerprint density at radius 3 is 2.62 bits per heavy atom. The molecule has 0 saturated heterocycles. The zero-order chi connectivity index (χ0) is 15.6. The first-order chi connectivity index (χ1) is 9.88. The van der Waals surface area contributed by atoms with E-state index < -0.39 is 10.7 Å². The molecule has 0 spiro atoms. The minimum absolute atomic E-state index is 0.0121. The maximum atomic E-state index is 13.5. The molecule has 0 heterocycles. The van der Waals surface area contributed by atoms with E-state index in [2.05, 4.69) is 5.32 Å². The smallest absolute Gasteiger partial charge is 0.292 e. The molecule has 0 aliphatic heterocycles. The van der Waals surface area contributed by atoms with Crippen LogP contribution in [0.25, 0.3) is 0 Å². The van der Waals surface area contributed by atoms with Crippen LogP contribution in [-0.4, -0.2) is 4.92 Å². The minimum Gasteiger partial charge on any atom is -0.373 e. The summed E-state index contributed by atoms with van der Waals surface area (Å²) in [4.78, 5) is 10.6. The van der Waals surface area contributed by atoms with Crippen molar-refractivity contribution in [3.63, 3.8) is 0 Å². The minimum atomic E-state index is -0.512. The lowest BCUT2D eigenvalue weighted by atomic mass is 10.1. The molecule has 1 N–H and O–H groups in total. The van der Waals surface area contributed by atoms with E-state index >= 15 is 0 Å². The summed E-state index contributed by atoms with van der Waals surface area (Å²) in [6.45, 7) is 3.65. The molecule has 0 amide bonds. The Morgan fingerprint density at radius 2 is 2.00 bits per heavy atom. The highest BCUT2D eigenvalue weighted by Gasteiger charge is 2.16. The van der Waals surface area contributed by atoms with Gasteiger partial charge in [0.15, 0.2) is 0 Å². The van der Waals surface area contributed by atoms with Gasteiger partial charge in [-0.15, -0.1) is 0 Å². The van der Waals surface area contributed by atoms with Crippen LogP contribution in [0, 0.1) is 22.9 Å². The lowest BCUT2D eigenvalue weighted by Crippen LogP contribution is -2.09. The summed E-state index contributed by atoms with van der Waals surface area (Å²) in [6, 6.07) is 9.00. The fourth-order valence-corrected chi connectivity index (χ4v) is 2.14. The highest BCUT2D eigenvalue weighted by molar-refractivity contribution is 6.30. The van der Waals surface area contributed by atoms with Crippen molar-refractivity contribution in [2.75, 3.05) is 5.32 Å². The van der Waals surface area contributed by atoms with E-state index in [-0.39, 0.29) is 16.8 Å². The van der Waals surface area contributed by atoms with E-state index in [9.17, 15) is 14.5 Å². The highest BCUT2D eigenvalue weighted by atomic mass is 35.5. The molecule has 4 nitrogen and oxygen atoms in total. The summed E-state index contributed by atoms with van der Waals surface area (Å²) >= 11 is 5.65. The van der Waals surface area contributed by atoms with E-state index in [0.29, 0.717) is 11.3 Å². The van der Waals surface area contributed by atoms with Gasteiger partial charge in [-0.3, -0.25) is 10.1 Å². The summed E-state index contributed by atoms with van der Waals surface area (Å²) in [5.41, 5.74) is 1.95. The maximum Gasteiger partial charge on any atom is 0.292 e. The second-order valence-electron chi connectivity index (χ2n) is 4.82. The molecule has 1 atom stereocenters. The summed E-state index contributed by atoms with van der Waals surface area (Å²) < 4.78 is 13.5. The Labute approximate surface area is 126 Å². The number of aryl methyl sites for hydroxylation is 1. The number of benzene rings is 2. The van der Waals surface area contributed by atoms with Crippen LogP contribution in [0.15, 0.2) is 36.4 Å². The average molecular weight is 309 g/mol. The van der Waals surface area contributed by atoms with Gasteiger partial charge in [0.25, 0.3) is 5.69 Å². The second kappa shape index (κ2) is 6.10. The van der Waals surface area contributed by atoms with E-state index in [1.165, 1.54) is 18.2 Å². The normalized spacial score (nSPS) is 12.0. The molecular formula is C15H14ClFN2O2. The Morgan fingerprint density at radius 1 is 1.29 bits per heavy atom. The monoisotopic (exact) mass is 308 g/mol. The van der Waals surface area contributed by atoms with Gasteiger partial charge in [-0.25, -0.2) is 4.39 Å². The molecule has 2 aromatic carbocycles. The standard InChI is InChI=1S/C15H14ClFN2O2/c1-9-3-6-15(19(20)21)14(7-9)18-10(2)11-4-5-12(16)13(17)8-11/h3-8,10,18H,1-2H3. The molecular weight excluding hydrogens is 295 g/mol. The Bertz CT molecular complexity index is 691. The second-order valence-corrected chi connectivity index (χ2v) is 5.22. The Kier molecular flexibility index (Phi) is 4.43. The van der Waals surface area contributed by atoms with Crippen molar-refractivity contribution in [1.82, 2.24) is 0 Å². The summed E-state index contributed by atoms with van der Waals surface area (Å²) in [7, 11) is 0. The molecule has 2 rings (SSSR count). The predicted molar refractivity (Wildman–Crippen MR) is 81.3 cm³/mol. The van der Waals surface area contributed by atoms with Crippen LogP contribution in [0.3, 0.4) is 0 Å². The van der Waals surface area contributed by atoms with Gasteiger partial charge < -0.3 is 5.32 Å². The van der Waals surface area contributed by atoms with Crippen LogP contribution >= 0.6 is 11.6 Å². The van der Waals surface area contributed by atoms with Crippen molar-refractivity contribution in [3.05, 3.63) is 68.5 Å². The zero-order valence-electron chi connectivity index (χ0n) is 11.6. The summed E-state index contributed by atoms with van der Waals surface area (Å²) in [5.74, 6) is -0.512. The number of anilines is 1. The first kappa shape index (κ1) is 15.3. The largest absolute Gasteiger partial charge is 0.373 e. The molecule has 21 heavy (non-hydrogen) atoms. The molecule has 0 aliphatic carbocycles. The zero-order valence-corrected chi connectivity index (χ0v) is 12.3. The average Bonchev–Trinajstić information content (AvgIpc) is 2.41. The van der Waals surface area contributed by atoms with Gasteiger partial charge in [-0.1, -0.05) is 23.7 Å². The SMILES string of the molecule is Cc1ccc([N+](=O)[O-])c(NC(C)c2ccc(Cl)c(F)c2)c1. The summed E-state index contributed by atoms with van der Waals surface area (Å²) in [6.07, 6.45) is 0. The molecule has 0 bridgehead atoms. The topological polar surface area (TPSA) is 55.2 Å². The molecule has 0 saturated carbocycles. The third-order valence-corrected chi connectivity index (χ3v) is 3.47. The van der Waals surface area contributed by atoms with E-state index in [0.717, 1.165) is 5.56 Å². The number of halogens is 2. The first-order valence-electron chi connectivity index (χ1n) is 6.35. The maximum absolute atomic E-state index is 13.5. The molecule has 0 aliphatic rings. The van der Waals surface area contributed by atoms with Crippen molar-refractivity contribution >= 4 is 23.0 Å². The van der Waals surface area contributed by atoms with Gasteiger partial charge in [0.2, 0.25) is 0 Å². The molecule has 0 radical (unpaired) electrons. The van der Waals surface area contributed by atoms with E-state index in [1.807, 2.05) is 6.92 Å². The van der Waals surface area contributed by atoms with Crippen LogP contribution in [0.4, 0.5) is 15.8 Å². The molecule has 1 unspecified atom stereocenters. The molecule has 2 aromatic rings. The van der Waals surface area contributed by atoms with Crippen LogP contribution < -0.4 is 5.32 Å². The van der Waals surface area contributed by atoms with Gasteiger partial charge in [0, 0.05) is 12.1 Å². The van der Waals surface area contributed by atoms with Gasteiger partial charge in [-0.2, -0.15) is 0 Å². The van der Waals surface area contributed by atoms with E-state index in [1.54, 1.807) is 25.1 Å². The fraction of sp³-hybridized carbons (Fsp3) is 0.200. The Hall–Kier alpha value is -2.14. The number of nitro groups is 1. The van der Waals surface area contributed by atoms with Crippen molar-refractivity contribution < 1.29 is 9.31 Å². The number of nitrogens with one attached hydrogen (secondary N) is 1. The number of rotatable bonds is 4. The number of nitrogens with zero attached hydrogens (tertiary/aromatic N) is 1. The fourth-order valence-electron chi connectivity index (χ4n) is 2.02. The van der Waals surface area contributed by atoms with Gasteiger partial charge >= 0.3 is 0 Å². The van der Waals surface area contributed by atoms with Crippen molar-refractivity contribution in [2.24, 2.45) is 0 Å². The molecule has 0 aromatic heterocycles. The van der Waals surface area contributed by atoms with Crippen molar-refractivity contribution in [3.8, 4) is 0 Å². The number of hydrogen-bond donors (Lipinski definition) is 1. The van der Waals surface area contributed by atoms with Crippen LogP contribution in [0.1, 0.15) is 24.1 Å². The van der Waals surface area contributed by atoms with E-state index in [4.69, 9.17) is 11.6 Å². The lowest BCUT2D eigenvalue weighted by molar-refractivity contribution is -0.384. The third-order valence-electron chi connectivity index (χ3n) is 3.16. The predicted octanol–water partition coefficient (Wildman–Crippen LogP) is 4.87. The molecule has 6 heteroatoms. The number of hydrogen-bond acceptors (Lipinski definition) is 3. The van der Waals surface area contributed by atoms with Crippen molar-refractivity contribution in [2.45, 2.75) is 19.9 Å². The van der Waals surface area contributed by atoms with Crippen LogP contribution in [-0.2, 0) is 0 Å². The Balaban J connectivity index is 2.30. The van der Waals surface area contributed by atoms with Gasteiger partial charge in [0.1, 0.15) is 11.5 Å². The van der Waals surface area contributed by atoms with Crippen LogP contribution in [0.5, 0.6) is 0 Å².